The Hall–Kier alpha value is -0.880. The normalized spacial score (nSPS) is 45.4. The summed E-state index contributed by atoms with van der Waals surface area (Å²) in [5, 5.41) is 12.5. The highest BCUT2D eigenvalue weighted by Gasteiger charge is 2.46. The minimum absolute atomic E-state index is 0.147. The molecule has 0 aromatic heterocycles. The van der Waals surface area contributed by atoms with Crippen LogP contribution in [-0.2, 0) is 4.79 Å². The van der Waals surface area contributed by atoms with Gasteiger partial charge in [0.05, 0.1) is 6.07 Å². The summed E-state index contributed by atoms with van der Waals surface area (Å²) in [7, 11) is 0. The summed E-state index contributed by atoms with van der Waals surface area (Å²) in [4.78, 5) is 12.5. The molecule has 0 aromatic rings. The fourth-order valence-electron chi connectivity index (χ4n) is 4.88. The van der Waals surface area contributed by atoms with E-state index in [1.807, 2.05) is 0 Å². The third kappa shape index (κ3) is 2.43. The van der Waals surface area contributed by atoms with Crippen molar-refractivity contribution in [2.24, 2.45) is 29.6 Å². The van der Waals surface area contributed by atoms with Gasteiger partial charge in [0.2, 0.25) is 0 Å². The Morgan fingerprint density at radius 1 is 1.32 bits per heavy atom. The van der Waals surface area contributed by atoms with Gasteiger partial charge in [-0.15, -0.1) is 0 Å². The van der Waals surface area contributed by atoms with E-state index in [4.69, 9.17) is 5.26 Å². The number of Topliss-reactive ketones (excluding diaryl/α,β-unsaturated/α-hetero) is 1. The van der Waals surface area contributed by atoms with Crippen LogP contribution in [0.1, 0.15) is 45.4 Å². The molecule has 0 aromatic carbocycles. The molecule has 1 heterocycles. The van der Waals surface area contributed by atoms with Crippen molar-refractivity contribution in [2.75, 3.05) is 6.54 Å². The van der Waals surface area contributed by atoms with Gasteiger partial charge in [0.1, 0.15) is 5.78 Å². The highest BCUT2D eigenvalue weighted by Crippen LogP contribution is 2.46. The molecule has 2 bridgehead atoms. The number of carbonyl (C=O) groups excluding carboxylic acids is 1. The minimum atomic E-state index is 0.147. The first kappa shape index (κ1) is 13.1. The predicted octanol–water partition coefficient (Wildman–Crippen LogP) is 2.52. The summed E-state index contributed by atoms with van der Waals surface area (Å²) < 4.78 is 0. The zero-order chi connectivity index (χ0) is 13.4. The summed E-state index contributed by atoms with van der Waals surface area (Å²) in [5.74, 6) is 3.15. The molecule has 1 saturated heterocycles. The molecule has 0 radical (unpaired) electrons. The van der Waals surface area contributed by atoms with Crippen molar-refractivity contribution in [3.63, 3.8) is 0 Å². The van der Waals surface area contributed by atoms with Crippen LogP contribution >= 0.6 is 0 Å². The van der Waals surface area contributed by atoms with Gasteiger partial charge in [0.25, 0.3) is 0 Å². The van der Waals surface area contributed by atoms with Gasteiger partial charge in [-0.25, -0.2) is 0 Å². The first-order chi connectivity index (χ1) is 9.19. The van der Waals surface area contributed by atoms with Crippen LogP contribution in [0.4, 0.5) is 0 Å². The number of nitriles is 1. The van der Waals surface area contributed by atoms with Gasteiger partial charge in [-0.05, 0) is 55.9 Å². The number of ketones is 1. The van der Waals surface area contributed by atoms with Gasteiger partial charge in [-0.1, -0.05) is 6.92 Å². The lowest BCUT2D eigenvalue weighted by molar-refractivity contribution is -0.124. The third-order valence-electron chi connectivity index (χ3n) is 5.71. The number of nitrogens with one attached hydrogen (secondary N) is 1. The van der Waals surface area contributed by atoms with Gasteiger partial charge >= 0.3 is 0 Å². The zero-order valence-corrected chi connectivity index (χ0v) is 11.8. The third-order valence-corrected chi connectivity index (χ3v) is 5.71. The van der Waals surface area contributed by atoms with E-state index in [1.54, 1.807) is 0 Å². The molecule has 2 aliphatic carbocycles. The molecule has 0 amide bonds. The molecule has 6 unspecified atom stereocenters. The predicted molar refractivity (Wildman–Crippen MR) is 73.2 cm³/mol. The summed E-state index contributed by atoms with van der Waals surface area (Å²) in [6.45, 7) is 3.31. The Morgan fingerprint density at radius 3 is 2.95 bits per heavy atom. The minimum Gasteiger partial charge on any atom is -0.313 e. The molecular formula is C16H24N2O. The number of nitrogens with zero attached hydrogens (tertiary/aromatic N) is 1. The maximum atomic E-state index is 12.5. The van der Waals surface area contributed by atoms with Gasteiger partial charge in [-0.3, -0.25) is 4.79 Å². The van der Waals surface area contributed by atoms with Crippen LogP contribution in [0.25, 0.3) is 0 Å². The van der Waals surface area contributed by atoms with E-state index in [-0.39, 0.29) is 5.92 Å². The molecule has 3 rings (SSSR count). The lowest BCUT2D eigenvalue weighted by Crippen LogP contribution is -2.51. The Balaban J connectivity index is 1.80. The lowest BCUT2D eigenvalue weighted by Gasteiger charge is -2.45. The van der Waals surface area contributed by atoms with Crippen molar-refractivity contribution in [1.29, 1.82) is 5.26 Å². The second-order valence-corrected chi connectivity index (χ2v) is 6.98. The largest absolute Gasteiger partial charge is 0.313 e. The average molecular weight is 260 g/mol. The van der Waals surface area contributed by atoms with Crippen molar-refractivity contribution in [2.45, 2.75) is 51.5 Å². The van der Waals surface area contributed by atoms with Crippen LogP contribution in [0, 0.1) is 40.9 Å². The van der Waals surface area contributed by atoms with Crippen molar-refractivity contribution in [3.05, 3.63) is 0 Å². The van der Waals surface area contributed by atoms with E-state index in [1.165, 1.54) is 19.3 Å². The Kier molecular flexibility index (Phi) is 3.62. The van der Waals surface area contributed by atoms with Gasteiger partial charge in [0, 0.05) is 24.8 Å². The summed E-state index contributed by atoms with van der Waals surface area (Å²) >= 11 is 0. The van der Waals surface area contributed by atoms with E-state index >= 15 is 0 Å². The topological polar surface area (TPSA) is 52.9 Å². The highest BCUT2D eigenvalue weighted by atomic mass is 16.1. The average Bonchev–Trinajstić information content (AvgIpc) is 2.50. The standard InChI is InChI=1S/C16H24N2O/c1-10-5-11-8-16(19)13(3-2-4-17)12-7-14(11)15(6-10)18-9-12/h10-15,18H,2-3,5-9H2,1H3. The maximum absolute atomic E-state index is 12.5. The fraction of sp³-hybridized carbons (Fsp3) is 0.875. The second kappa shape index (κ2) is 5.25. The number of hydrogen-bond acceptors (Lipinski definition) is 3. The quantitative estimate of drug-likeness (QED) is 0.830. The molecule has 6 atom stereocenters. The Bertz CT molecular complexity index is 400. The van der Waals surface area contributed by atoms with E-state index in [2.05, 4.69) is 18.3 Å². The van der Waals surface area contributed by atoms with Gasteiger partial charge in [-0.2, -0.15) is 5.26 Å². The lowest BCUT2D eigenvalue weighted by atomic mass is 9.67. The summed E-state index contributed by atoms with van der Waals surface area (Å²) in [5.41, 5.74) is 0. The SMILES string of the molecule is CC1CC2CC(=O)C(CCC#N)C3CNC(C1)C2C3. The monoisotopic (exact) mass is 260 g/mol. The molecule has 0 spiro atoms. The Morgan fingerprint density at radius 2 is 2.16 bits per heavy atom. The van der Waals surface area contributed by atoms with E-state index < -0.39 is 0 Å². The van der Waals surface area contributed by atoms with Crippen LogP contribution in [0.5, 0.6) is 0 Å². The molecule has 2 saturated carbocycles. The second-order valence-electron chi connectivity index (χ2n) is 6.98. The molecule has 1 N–H and O–H groups in total. The van der Waals surface area contributed by atoms with Crippen molar-refractivity contribution >= 4 is 5.78 Å². The van der Waals surface area contributed by atoms with Crippen LogP contribution < -0.4 is 5.32 Å². The van der Waals surface area contributed by atoms with Crippen molar-refractivity contribution < 1.29 is 4.79 Å². The van der Waals surface area contributed by atoms with Crippen molar-refractivity contribution in [3.8, 4) is 6.07 Å². The maximum Gasteiger partial charge on any atom is 0.136 e. The molecule has 3 nitrogen and oxygen atoms in total. The van der Waals surface area contributed by atoms with Crippen LogP contribution in [0.15, 0.2) is 0 Å². The fourth-order valence-corrected chi connectivity index (χ4v) is 4.88. The number of rotatable bonds is 2. The van der Waals surface area contributed by atoms with Crippen LogP contribution in [-0.4, -0.2) is 18.4 Å². The molecule has 3 fully saturated rings. The molecule has 1 aliphatic heterocycles. The first-order valence-corrected chi connectivity index (χ1v) is 7.82. The molecule has 3 aliphatic rings. The smallest absolute Gasteiger partial charge is 0.136 e. The molecular weight excluding hydrogens is 236 g/mol. The zero-order valence-electron chi connectivity index (χ0n) is 11.8. The number of hydrogen-bond donors (Lipinski definition) is 1. The molecule has 19 heavy (non-hydrogen) atoms. The summed E-state index contributed by atoms with van der Waals surface area (Å²) in [6.07, 6.45) is 5.82. The Labute approximate surface area is 115 Å². The first-order valence-electron chi connectivity index (χ1n) is 7.82. The summed E-state index contributed by atoms with van der Waals surface area (Å²) in [6, 6.07) is 2.86. The van der Waals surface area contributed by atoms with E-state index in [0.717, 1.165) is 25.3 Å². The van der Waals surface area contributed by atoms with E-state index in [0.29, 0.717) is 36.0 Å². The number of fused-ring (bicyclic) bond motifs is 1. The van der Waals surface area contributed by atoms with Crippen molar-refractivity contribution in [1.82, 2.24) is 5.32 Å². The molecule has 3 heteroatoms. The van der Waals surface area contributed by atoms with Gasteiger partial charge < -0.3 is 5.32 Å². The highest BCUT2D eigenvalue weighted by molar-refractivity contribution is 5.82. The molecule has 104 valence electrons. The van der Waals surface area contributed by atoms with Crippen LogP contribution in [0.3, 0.4) is 0 Å². The van der Waals surface area contributed by atoms with E-state index in [9.17, 15) is 4.79 Å². The van der Waals surface area contributed by atoms with Crippen LogP contribution in [0.2, 0.25) is 0 Å². The number of piperidine rings is 1. The van der Waals surface area contributed by atoms with Gasteiger partial charge in [0.15, 0.2) is 0 Å². The number of carbonyl (C=O) groups is 1.